The van der Waals surface area contributed by atoms with Crippen LogP contribution in [0.5, 0.6) is 17.2 Å². The molecule has 2 unspecified atom stereocenters. The normalized spacial score (nSPS) is 14.6. The fourth-order valence-corrected chi connectivity index (χ4v) is 17.5. The molecule has 0 amide bonds. The quantitative estimate of drug-likeness (QED) is 0.0388. The second kappa shape index (κ2) is 32.4. The van der Waals surface area contributed by atoms with Gasteiger partial charge in [-0.3, -0.25) is 0 Å². The molecule has 3 N–H and O–H groups in total. The summed E-state index contributed by atoms with van der Waals surface area (Å²) in [6, 6.07) is 24.5. The Balaban J connectivity index is 2.44. The number of hydrogen-bond donors (Lipinski definition) is 3. The molecular weight excluding hydrogens is 1170 g/mol. The Morgan fingerprint density at radius 2 is 0.469 bits per heavy atom. The molecule has 2 atom stereocenters. The van der Waals surface area contributed by atoms with Crippen molar-refractivity contribution in [2.45, 2.75) is 409 Å². The van der Waals surface area contributed by atoms with Crippen molar-refractivity contribution in [3.63, 3.8) is 0 Å². The summed E-state index contributed by atoms with van der Waals surface area (Å²) in [6.45, 7) is 69.5. The van der Waals surface area contributed by atoms with Gasteiger partial charge in [-0.1, -0.05) is 361 Å². The number of rotatable bonds is 31. The van der Waals surface area contributed by atoms with Gasteiger partial charge in [-0.15, -0.1) is 0 Å². The molecule has 96 heavy (non-hydrogen) atoms. The topological polar surface area (TPSA) is 60.7 Å². The first-order valence-corrected chi connectivity index (χ1v) is 39.1. The Hall–Kier alpha value is -4.50. The van der Waals surface area contributed by atoms with Crippen LogP contribution in [0.1, 0.15) is 415 Å². The summed E-state index contributed by atoms with van der Waals surface area (Å²) in [7, 11) is 0. The molecular formula is C93H148O3. The molecule has 0 heterocycles. The second-order valence-corrected chi connectivity index (χ2v) is 38.3. The lowest BCUT2D eigenvalue weighted by molar-refractivity contribution is 0.120. The van der Waals surface area contributed by atoms with Crippen molar-refractivity contribution in [1.29, 1.82) is 0 Å². The van der Waals surface area contributed by atoms with Crippen LogP contribution in [0.25, 0.3) is 0 Å². The van der Waals surface area contributed by atoms with Crippen LogP contribution in [0.2, 0.25) is 0 Å². The minimum Gasteiger partial charge on any atom is -0.508 e. The predicted molar refractivity (Wildman–Crippen MR) is 423 cm³/mol. The zero-order chi connectivity index (χ0) is 72.6. The van der Waals surface area contributed by atoms with Gasteiger partial charge in [-0.25, -0.2) is 0 Å². The Morgan fingerprint density at radius 1 is 0.240 bits per heavy atom. The highest BCUT2D eigenvalue weighted by Gasteiger charge is 2.67. The van der Waals surface area contributed by atoms with Crippen molar-refractivity contribution < 1.29 is 15.3 Å². The van der Waals surface area contributed by atoms with Crippen LogP contribution in [0.3, 0.4) is 0 Å². The maximum absolute atomic E-state index is 12.9. The number of phenols is 3. The lowest BCUT2D eigenvalue weighted by Gasteiger charge is -2.65. The van der Waals surface area contributed by atoms with E-state index >= 15 is 0 Å². The van der Waals surface area contributed by atoms with Crippen LogP contribution in [0.4, 0.5) is 0 Å². The Kier molecular flexibility index (Phi) is 27.8. The highest BCUT2D eigenvalue weighted by atomic mass is 16.3. The van der Waals surface area contributed by atoms with E-state index in [0.29, 0.717) is 17.2 Å². The minimum absolute atomic E-state index is 0.337. The smallest absolute Gasteiger partial charge is 0.119 e. The summed E-state index contributed by atoms with van der Waals surface area (Å²) in [5.41, 5.74) is 15.4. The van der Waals surface area contributed by atoms with Gasteiger partial charge >= 0.3 is 0 Å². The molecule has 0 aliphatic rings. The molecule has 3 nitrogen and oxygen atoms in total. The third kappa shape index (κ3) is 18.7. The Morgan fingerprint density at radius 3 is 0.740 bits per heavy atom. The Labute approximate surface area is 593 Å². The molecule has 5 aromatic carbocycles. The van der Waals surface area contributed by atoms with Crippen LogP contribution < -0.4 is 0 Å². The number of aromatic hydroxyl groups is 3. The van der Waals surface area contributed by atoms with E-state index in [1.165, 1.54) is 164 Å². The van der Waals surface area contributed by atoms with Gasteiger partial charge in [0.05, 0.1) is 0 Å². The van der Waals surface area contributed by atoms with Gasteiger partial charge in [0.1, 0.15) is 17.2 Å². The zero-order valence-electron chi connectivity index (χ0n) is 68.1. The summed E-state index contributed by atoms with van der Waals surface area (Å²) in [4.78, 5) is 0. The monoisotopic (exact) mass is 1310 g/mol. The molecule has 0 radical (unpaired) electrons. The summed E-state index contributed by atoms with van der Waals surface area (Å²) in [5, 5.41) is 38.6. The minimum atomic E-state index is -0.951. The maximum Gasteiger partial charge on any atom is 0.119 e. The van der Waals surface area contributed by atoms with Crippen LogP contribution >= 0.6 is 0 Å². The van der Waals surface area contributed by atoms with Crippen molar-refractivity contribution in [3.8, 4) is 17.2 Å². The van der Waals surface area contributed by atoms with Crippen molar-refractivity contribution in [2.75, 3.05) is 0 Å². The molecule has 0 saturated carbocycles. The van der Waals surface area contributed by atoms with E-state index in [1.807, 2.05) is 0 Å². The first-order valence-electron chi connectivity index (χ1n) is 39.1. The molecule has 5 aromatic rings. The third-order valence-electron chi connectivity index (χ3n) is 22.5. The van der Waals surface area contributed by atoms with E-state index in [-0.39, 0.29) is 21.7 Å². The van der Waals surface area contributed by atoms with E-state index in [4.69, 9.17) is 0 Å². The second-order valence-electron chi connectivity index (χ2n) is 38.3. The fraction of sp³-hybridized carbons (Fsp3) is 0.677. The fourth-order valence-electron chi connectivity index (χ4n) is 17.5. The van der Waals surface area contributed by atoms with E-state index in [9.17, 15) is 15.3 Å². The molecule has 0 saturated heterocycles. The third-order valence-corrected chi connectivity index (χ3v) is 22.5. The lowest BCUT2D eigenvalue weighted by atomic mass is 9.36. The van der Waals surface area contributed by atoms with Crippen molar-refractivity contribution in [2.24, 2.45) is 0 Å². The predicted octanol–water partition coefficient (Wildman–Crippen LogP) is 28.1. The van der Waals surface area contributed by atoms with Crippen molar-refractivity contribution in [3.05, 3.63) is 155 Å². The number of aryl methyl sites for hydroxylation is 5. The molecule has 0 aromatic heterocycles. The van der Waals surface area contributed by atoms with Crippen LogP contribution in [-0.2, 0) is 54.1 Å². The average molecular weight is 1310 g/mol. The zero-order valence-corrected chi connectivity index (χ0v) is 68.1. The van der Waals surface area contributed by atoms with Crippen molar-refractivity contribution >= 4 is 0 Å². The number of phenolic OH excluding ortho intramolecular Hbond substituents is 3. The summed E-state index contributed by atoms with van der Waals surface area (Å²) < 4.78 is 0. The summed E-state index contributed by atoms with van der Waals surface area (Å²) >= 11 is 0. The van der Waals surface area contributed by atoms with Crippen LogP contribution in [-0.4, -0.2) is 15.3 Å². The highest BCUT2D eigenvalue weighted by molar-refractivity contribution is 5.70. The molecule has 0 aliphatic carbocycles. The van der Waals surface area contributed by atoms with Gasteiger partial charge in [0.15, 0.2) is 0 Å². The van der Waals surface area contributed by atoms with Crippen molar-refractivity contribution in [1.82, 2.24) is 0 Å². The number of hydrogen-bond acceptors (Lipinski definition) is 3. The van der Waals surface area contributed by atoms with Gasteiger partial charge in [-0.2, -0.15) is 0 Å². The van der Waals surface area contributed by atoms with Crippen LogP contribution in [0.15, 0.2) is 60.7 Å². The van der Waals surface area contributed by atoms with Gasteiger partial charge in [0, 0.05) is 16.2 Å². The summed E-state index contributed by atoms with van der Waals surface area (Å²) in [5.74, 6) is 1.04. The first kappa shape index (κ1) is 82.2. The van der Waals surface area contributed by atoms with Gasteiger partial charge in [0.25, 0.3) is 0 Å². The largest absolute Gasteiger partial charge is 0.508 e. The van der Waals surface area contributed by atoms with E-state index < -0.39 is 32.5 Å². The van der Waals surface area contributed by atoms with E-state index in [1.54, 1.807) is 0 Å². The molecule has 0 aliphatic heterocycles. The van der Waals surface area contributed by atoms with E-state index in [0.717, 1.165) is 84.7 Å². The van der Waals surface area contributed by atoms with Crippen LogP contribution in [0, 0.1) is 34.6 Å². The molecule has 3 heteroatoms. The number of benzene rings is 5. The Bertz CT molecular complexity index is 3190. The SMILES string of the molecule is CCCCCCCCCCCCCC(c1cc(C(C)(C)C)c(O)cc1C)(c1cc(C(C)(C)C)c(O)cc1C)C(CCCCCCCCCCCCC)(c1c(C(C)(C)C)cc(C)cc1C(C)(C)C)C(C)(c1cc(C(C)(C)C)c(O)cc1C)c1c(C(C)(C)C)cc(C)cc1C(C)(C)C. The van der Waals surface area contributed by atoms with Gasteiger partial charge < -0.3 is 15.3 Å². The first-order chi connectivity index (χ1) is 44.2. The maximum atomic E-state index is 12.9. The highest BCUT2D eigenvalue weighted by Crippen LogP contribution is 2.70. The molecule has 0 bridgehead atoms. The molecule has 538 valence electrons. The standard InChI is InChI=1S/C93H148O3/c1-30-32-34-36-38-40-42-44-46-48-50-52-92(70-62-73(85(11,12)13)80(95)59-67(70)6,71-63-74(86(14,15)16)81(96)60-68(71)7)93(53-51-49-47-45-43-41-39-37-35-33-31-2,83-77(89(23,24)25)56-65(4)57-78(83)90(26,27)28)91(29,69-61-72(84(8,9)10)79(94)58-66(69)5)82-75(87(17,18)19)54-64(3)55-76(82)88(20,21)22/h54-63,94-96H,30-53H2,1-29H3. The summed E-state index contributed by atoms with van der Waals surface area (Å²) in [6.07, 6.45) is 28.8. The van der Waals surface area contributed by atoms with Gasteiger partial charge in [0.2, 0.25) is 0 Å². The average Bonchev–Trinajstić information content (AvgIpc) is 0.654. The molecule has 0 spiro atoms. The molecule has 5 rings (SSSR count). The van der Waals surface area contributed by atoms with Gasteiger partial charge in [-0.05, 0) is 187 Å². The lowest BCUT2D eigenvalue weighted by Crippen LogP contribution is -2.64. The number of unbranched alkanes of at least 4 members (excludes halogenated alkanes) is 20. The van der Waals surface area contributed by atoms with E-state index in [2.05, 4.69) is 261 Å². The molecule has 0 fully saturated rings.